The molecule has 2 aromatic rings. The van der Waals surface area contributed by atoms with Crippen molar-refractivity contribution < 1.29 is 9.59 Å². The lowest BCUT2D eigenvalue weighted by Crippen LogP contribution is -2.36. The second-order valence-electron chi connectivity index (χ2n) is 4.68. The van der Waals surface area contributed by atoms with E-state index in [9.17, 15) is 9.59 Å². The first-order valence-corrected chi connectivity index (χ1v) is 7.88. The molecule has 0 aliphatic rings. The number of amides is 2. The van der Waals surface area contributed by atoms with E-state index in [4.69, 9.17) is 34.8 Å². The van der Waals surface area contributed by atoms with Crippen LogP contribution in [0.3, 0.4) is 0 Å². The molecule has 4 nitrogen and oxygen atoms in total. The number of hydrogen-bond donors (Lipinski definition) is 2. The topological polar surface area (TPSA) is 58.2 Å². The molecule has 0 spiro atoms. The predicted octanol–water partition coefficient (Wildman–Crippen LogP) is 3.94. The van der Waals surface area contributed by atoms with Gasteiger partial charge in [0.2, 0.25) is 0 Å². The summed E-state index contributed by atoms with van der Waals surface area (Å²) in [5, 5.41) is 6.11. The van der Waals surface area contributed by atoms with Crippen LogP contribution in [0.1, 0.15) is 5.56 Å². The largest absolute Gasteiger partial charge is 0.347 e. The van der Waals surface area contributed by atoms with Crippen molar-refractivity contribution in [2.24, 2.45) is 0 Å². The number of nitrogens with one attached hydrogen (secondary N) is 2. The lowest BCUT2D eigenvalue weighted by atomic mass is 10.1. The highest BCUT2D eigenvalue weighted by Crippen LogP contribution is 2.29. The summed E-state index contributed by atoms with van der Waals surface area (Å²) in [5.41, 5.74) is 1.22. The van der Waals surface area contributed by atoms with Crippen LogP contribution in [0.5, 0.6) is 0 Å². The lowest BCUT2D eigenvalue weighted by Gasteiger charge is -2.09. The van der Waals surface area contributed by atoms with Gasteiger partial charge in [-0.25, -0.2) is 0 Å². The predicted molar refractivity (Wildman–Crippen MR) is 93.3 cm³/mol. The normalized spacial score (nSPS) is 10.2. The van der Waals surface area contributed by atoms with Crippen molar-refractivity contribution in [2.45, 2.75) is 6.42 Å². The number of hydrogen-bond acceptors (Lipinski definition) is 2. The molecule has 2 rings (SSSR count). The monoisotopic (exact) mass is 370 g/mol. The van der Waals surface area contributed by atoms with Crippen LogP contribution in [0.25, 0.3) is 0 Å². The Balaban J connectivity index is 1.85. The summed E-state index contributed by atoms with van der Waals surface area (Å²) >= 11 is 17.7. The SMILES string of the molecule is O=C(NCCc1ccc(Cl)cc1)C(=O)Nc1c(Cl)cccc1Cl. The van der Waals surface area contributed by atoms with Crippen LogP contribution in [-0.2, 0) is 16.0 Å². The number of rotatable bonds is 4. The van der Waals surface area contributed by atoms with Crippen LogP contribution in [0.15, 0.2) is 42.5 Å². The molecule has 0 aliphatic heterocycles. The van der Waals surface area contributed by atoms with E-state index in [0.717, 1.165) is 5.56 Å². The second kappa shape index (κ2) is 8.20. The minimum atomic E-state index is -0.823. The molecule has 0 aromatic heterocycles. The van der Waals surface area contributed by atoms with Gasteiger partial charge in [0, 0.05) is 11.6 Å². The molecule has 120 valence electrons. The third-order valence-corrected chi connectivity index (χ3v) is 3.90. The quantitative estimate of drug-likeness (QED) is 0.800. The van der Waals surface area contributed by atoms with E-state index in [1.165, 1.54) is 0 Å². The lowest BCUT2D eigenvalue weighted by molar-refractivity contribution is -0.136. The number of carbonyl (C=O) groups excluding carboxylic acids is 2. The van der Waals surface area contributed by atoms with Crippen molar-refractivity contribution in [1.82, 2.24) is 5.32 Å². The molecule has 0 aliphatic carbocycles. The second-order valence-corrected chi connectivity index (χ2v) is 5.93. The highest BCUT2D eigenvalue weighted by atomic mass is 35.5. The van der Waals surface area contributed by atoms with E-state index in [-0.39, 0.29) is 15.7 Å². The smallest absolute Gasteiger partial charge is 0.313 e. The summed E-state index contributed by atoms with van der Waals surface area (Å²) < 4.78 is 0. The van der Waals surface area contributed by atoms with Crippen LogP contribution in [0.2, 0.25) is 15.1 Å². The Morgan fingerprint density at radius 3 is 2.09 bits per heavy atom. The summed E-state index contributed by atoms with van der Waals surface area (Å²) in [6.07, 6.45) is 0.586. The number of anilines is 1. The van der Waals surface area contributed by atoms with E-state index in [1.54, 1.807) is 30.3 Å². The molecule has 0 saturated heterocycles. The molecule has 23 heavy (non-hydrogen) atoms. The van der Waals surface area contributed by atoms with Gasteiger partial charge < -0.3 is 10.6 Å². The van der Waals surface area contributed by atoms with Crippen molar-refractivity contribution in [3.8, 4) is 0 Å². The fourth-order valence-corrected chi connectivity index (χ4v) is 2.46. The molecule has 2 aromatic carbocycles. The maximum atomic E-state index is 11.8. The first-order chi connectivity index (χ1) is 11.0. The van der Waals surface area contributed by atoms with Crippen molar-refractivity contribution in [1.29, 1.82) is 0 Å². The molecule has 2 N–H and O–H groups in total. The Bertz CT molecular complexity index is 698. The van der Waals surface area contributed by atoms with Gasteiger partial charge in [0.1, 0.15) is 0 Å². The average molecular weight is 372 g/mol. The summed E-state index contributed by atoms with van der Waals surface area (Å²) in [6, 6.07) is 12.0. The van der Waals surface area contributed by atoms with Gasteiger partial charge in [0.05, 0.1) is 15.7 Å². The molecule has 0 atom stereocenters. The number of halogens is 3. The van der Waals surface area contributed by atoms with E-state index in [0.29, 0.717) is 18.0 Å². The standard InChI is InChI=1S/C16H13Cl3N2O2/c17-11-6-4-10(5-7-11)8-9-20-15(22)16(23)21-14-12(18)2-1-3-13(14)19/h1-7H,8-9H2,(H,20,22)(H,21,23). The molecular formula is C16H13Cl3N2O2. The summed E-state index contributed by atoms with van der Waals surface area (Å²) in [4.78, 5) is 23.6. The van der Waals surface area contributed by atoms with Gasteiger partial charge in [-0.2, -0.15) is 0 Å². The van der Waals surface area contributed by atoms with Gasteiger partial charge in [-0.3, -0.25) is 9.59 Å². The first-order valence-electron chi connectivity index (χ1n) is 6.75. The van der Waals surface area contributed by atoms with Crippen LogP contribution in [0.4, 0.5) is 5.69 Å². The summed E-state index contributed by atoms with van der Waals surface area (Å²) in [7, 11) is 0. The molecule has 0 heterocycles. The number of carbonyl (C=O) groups is 2. The first kappa shape index (κ1) is 17.6. The van der Waals surface area contributed by atoms with Crippen molar-refractivity contribution >= 4 is 52.3 Å². The highest BCUT2D eigenvalue weighted by molar-refractivity contribution is 6.44. The minimum absolute atomic E-state index is 0.216. The zero-order valence-corrected chi connectivity index (χ0v) is 14.2. The van der Waals surface area contributed by atoms with Gasteiger partial charge in [-0.1, -0.05) is 53.0 Å². The Hall–Kier alpha value is -1.75. The van der Waals surface area contributed by atoms with E-state index >= 15 is 0 Å². The van der Waals surface area contributed by atoms with Crippen LogP contribution in [-0.4, -0.2) is 18.4 Å². The van der Waals surface area contributed by atoms with Crippen LogP contribution in [0, 0.1) is 0 Å². The molecule has 0 fully saturated rings. The maximum absolute atomic E-state index is 11.8. The van der Waals surface area contributed by atoms with Gasteiger partial charge >= 0.3 is 11.8 Å². The molecule has 2 amide bonds. The summed E-state index contributed by atoms with van der Waals surface area (Å²) in [6.45, 7) is 0.324. The van der Waals surface area contributed by atoms with Gasteiger partial charge in [0.25, 0.3) is 0 Å². The molecule has 0 radical (unpaired) electrons. The van der Waals surface area contributed by atoms with Crippen molar-refractivity contribution in [3.05, 3.63) is 63.1 Å². The third kappa shape index (κ3) is 5.13. The maximum Gasteiger partial charge on any atom is 0.313 e. The molecule has 0 unspecified atom stereocenters. The third-order valence-electron chi connectivity index (χ3n) is 3.02. The van der Waals surface area contributed by atoms with E-state index in [1.807, 2.05) is 12.1 Å². The summed E-state index contributed by atoms with van der Waals surface area (Å²) in [5.74, 6) is -1.58. The van der Waals surface area contributed by atoms with Gasteiger partial charge in [-0.05, 0) is 36.2 Å². The van der Waals surface area contributed by atoms with Gasteiger partial charge in [-0.15, -0.1) is 0 Å². The van der Waals surface area contributed by atoms with Crippen LogP contribution < -0.4 is 10.6 Å². The van der Waals surface area contributed by atoms with E-state index < -0.39 is 11.8 Å². The Morgan fingerprint density at radius 1 is 0.870 bits per heavy atom. The average Bonchev–Trinajstić information content (AvgIpc) is 2.52. The molecule has 7 heteroatoms. The fraction of sp³-hybridized carbons (Fsp3) is 0.125. The van der Waals surface area contributed by atoms with Crippen molar-refractivity contribution in [3.63, 3.8) is 0 Å². The molecule has 0 bridgehead atoms. The van der Waals surface area contributed by atoms with Crippen molar-refractivity contribution in [2.75, 3.05) is 11.9 Å². The Morgan fingerprint density at radius 2 is 1.48 bits per heavy atom. The Labute approximate surface area is 148 Å². The zero-order valence-electron chi connectivity index (χ0n) is 11.9. The highest BCUT2D eigenvalue weighted by Gasteiger charge is 2.16. The fourth-order valence-electron chi connectivity index (χ4n) is 1.84. The van der Waals surface area contributed by atoms with E-state index in [2.05, 4.69) is 10.6 Å². The Kier molecular flexibility index (Phi) is 6.28. The van der Waals surface area contributed by atoms with Crippen LogP contribution >= 0.6 is 34.8 Å². The number of para-hydroxylation sites is 1. The molecular weight excluding hydrogens is 359 g/mol. The molecule has 0 saturated carbocycles. The van der Waals surface area contributed by atoms with Gasteiger partial charge in [0.15, 0.2) is 0 Å². The minimum Gasteiger partial charge on any atom is -0.347 e. The number of benzene rings is 2. The zero-order chi connectivity index (χ0) is 16.8.